The van der Waals surface area contributed by atoms with E-state index in [9.17, 15) is 48.6 Å². The lowest BCUT2D eigenvalue weighted by atomic mass is 10.1. The highest BCUT2D eigenvalue weighted by Crippen LogP contribution is 2.09. The number of nitrogens with one attached hydrogen (secondary N) is 7. The molecule has 25 nitrogen and oxygen atoms in total. The molecule has 342 valence electrons. The Kier molecular flexibility index (Phi) is 24.5. The van der Waals surface area contributed by atoms with Gasteiger partial charge in [-0.25, -0.2) is 9.78 Å². The lowest BCUT2D eigenvalue weighted by Crippen LogP contribution is -2.58. The average molecular weight is 866 g/mol. The van der Waals surface area contributed by atoms with Gasteiger partial charge in [0, 0.05) is 38.4 Å². The molecule has 0 spiro atoms. The first-order chi connectivity index (χ1) is 28.8. The number of aliphatic hydroxyl groups excluding tert-OH is 1. The smallest absolute Gasteiger partial charge is 0.352 e. The number of carbonyl (C=O) groups excluding carboxylic acids is 7. The summed E-state index contributed by atoms with van der Waals surface area (Å²) in [7, 11) is 1.31. The summed E-state index contributed by atoms with van der Waals surface area (Å²) in [4.78, 5) is 116. The third-order valence-corrected chi connectivity index (χ3v) is 8.98. The number of likely N-dealkylation sites (N-methyl/N-ethyl adjacent to an activating group) is 1. The third-order valence-electron chi connectivity index (χ3n) is 8.98. The van der Waals surface area contributed by atoms with E-state index in [4.69, 9.17) is 28.7 Å². The molecule has 0 radical (unpaired) electrons. The maximum atomic E-state index is 13.8. The number of aliphatic carboxylic acids is 1. The number of aromatic nitrogens is 2. The SMILES string of the molecule is C[C@H](NC(=O)C[C@@H](O)CN)C(=O)NCC(=O)N[C@H](CCCN)C(=O)N(C)[C@@H](C)C(=O)N[C@@H](Cc1cnc[nH]1)C(=O)N[C@@H](CCCCN)C(=O)N/C(=C\CCN=C(N)N)C(=O)O. The number of nitrogens with zero attached hydrogens (tertiary/aromatic N) is 3. The van der Waals surface area contributed by atoms with E-state index in [1.807, 2.05) is 0 Å². The Balaban J connectivity index is 3.15. The zero-order chi connectivity index (χ0) is 46.1. The van der Waals surface area contributed by atoms with Crippen molar-refractivity contribution in [3.05, 3.63) is 30.0 Å². The van der Waals surface area contributed by atoms with E-state index in [-0.39, 0.29) is 64.2 Å². The van der Waals surface area contributed by atoms with Crippen molar-refractivity contribution in [2.75, 3.05) is 39.8 Å². The lowest BCUT2D eigenvalue weighted by molar-refractivity contribution is -0.142. The molecule has 0 aliphatic carbocycles. The van der Waals surface area contributed by atoms with Gasteiger partial charge in [0.2, 0.25) is 41.4 Å². The summed E-state index contributed by atoms with van der Waals surface area (Å²) in [6.07, 6.45) is 3.78. The van der Waals surface area contributed by atoms with Crippen molar-refractivity contribution in [2.45, 2.75) is 102 Å². The second-order valence-electron chi connectivity index (χ2n) is 14.0. The number of rotatable bonds is 29. The molecule has 0 bridgehead atoms. The van der Waals surface area contributed by atoms with Gasteiger partial charge in [0.1, 0.15) is 35.9 Å². The zero-order valence-corrected chi connectivity index (χ0v) is 34.8. The van der Waals surface area contributed by atoms with Gasteiger partial charge in [-0.15, -0.1) is 0 Å². The normalized spacial score (nSPS) is 14.1. The molecule has 0 aliphatic heterocycles. The topological polar surface area (TPSA) is 424 Å². The van der Waals surface area contributed by atoms with Gasteiger partial charge in [-0.05, 0) is 65.5 Å². The second kappa shape index (κ2) is 28.3. The number of unbranched alkanes of at least 4 members (excludes halogenated alkanes) is 1. The highest BCUT2D eigenvalue weighted by Gasteiger charge is 2.33. The van der Waals surface area contributed by atoms with Crippen molar-refractivity contribution < 1.29 is 48.6 Å². The number of aliphatic imine (C=N–C) groups is 1. The fourth-order valence-corrected chi connectivity index (χ4v) is 5.39. The molecule has 0 fully saturated rings. The highest BCUT2D eigenvalue weighted by molar-refractivity contribution is 5.98. The summed E-state index contributed by atoms with van der Waals surface area (Å²) in [6, 6.07) is -6.08. The first-order valence-electron chi connectivity index (χ1n) is 19.6. The van der Waals surface area contributed by atoms with Gasteiger partial charge in [0.25, 0.3) is 0 Å². The minimum atomic E-state index is -1.45. The predicted octanol–water partition coefficient (Wildman–Crippen LogP) is -5.80. The van der Waals surface area contributed by atoms with Crippen LogP contribution in [0.4, 0.5) is 0 Å². The van der Waals surface area contributed by atoms with Gasteiger partial charge in [0.15, 0.2) is 5.96 Å². The Bertz CT molecular complexity index is 1670. The summed E-state index contributed by atoms with van der Waals surface area (Å²) in [6.45, 7) is 2.53. The Hall–Kier alpha value is -6.18. The van der Waals surface area contributed by atoms with Crippen LogP contribution in [0.5, 0.6) is 0 Å². The van der Waals surface area contributed by atoms with Crippen LogP contribution in [0.25, 0.3) is 0 Å². The number of H-pyrrole nitrogens is 1. The number of carboxylic acid groups (broad SMARTS) is 1. The largest absolute Gasteiger partial charge is 0.477 e. The van der Waals surface area contributed by atoms with Crippen LogP contribution in [-0.4, -0.2) is 154 Å². The zero-order valence-electron chi connectivity index (χ0n) is 34.8. The van der Waals surface area contributed by atoms with Gasteiger partial charge >= 0.3 is 5.97 Å². The quantitative estimate of drug-likeness (QED) is 0.0154. The lowest BCUT2D eigenvalue weighted by Gasteiger charge is -2.30. The first-order valence-corrected chi connectivity index (χ1v) is 19.6. The highest BCUT2D eigenvalue weighted by atomic mass is 16.4. The molecule has 1 aromatic heterocycles. The van der Waals surface area contributed by atoms with Crippen LogP contribution in [0.15, 0.2) is 29.3 Å². The summed E-state index contributed by atoms with van der Waals surface area (Å²) in [5.41, 5.74) is 27.2. The number of hydrogen-bond donors (Lipinski definition) is 14. The van der Waals surface area contributed by atoms with Crippen molar-refractivity contribution in [2.24, 2.45) is 33.7 Å². The molecule has 6 atom stereocenters. The van der Waals surface area contributed by atoms with Crippen LogP contribution in [0.3, 0.4) is 0 Å². The van der Waals surface area contributed by atoms with Crippen LogP contribution in [0.2, 0.25) is 0 Å². The Labute approximate surface area is 353 Å². The van der Waals surface area contributed by atoms with Gasteiger partial charge in [-0.3, -0.25) is 38.6 Å². The molecule has 19 N–H and O–H groups in total. The third kappa shape index (κ3) is 20.6. The van der Waals surface area contributed by atoms with Crippen molar-refractivity contribution in [1.29, 1.82) is 0 Å². The van der Waals surface area contributed by atoms with Crippen LogP contribution >= 0.6 is 0 Å². The molecule has 0 aromatic carbocycles. The fourth-order valence-electron chi connectivity index (χ4n) is 5.39. The Morgan fingerprint density at radius 1 is 0.852 bits per heavy atom. The summed E-state index contributed by atoms with van der Waals surface area (Å²) in [5, 5.41) is 34.0. The molecule has 0 saturated carbocycles. The van der Waals surface area contributed by atoms with E-state index in [1.165, 1.54) is 39.5 Å². The van der Waals surface area contributed by atoms with E-state index >= 15 is 0 Å². The number of guanidine groups is 1. The maximum absolute atomic E-state index is 13.8. The standard InChI is InChI=1S/C36H63N15O10/c1-20(46-28(53)15-23(52)16-39)30(55)44-18-29(54)47-25(9-6-12-38)34(59)51(3)21(2)31(56)50-27(14-22-17-42-19-45-22)33(58)48-24(8-4-5-11-37)32(57)49-26(35(60)61)10-7-13-43-36(40)41/h10,17,19-21,23-25,27,52H,4-9,11-16,18,37-39H2,1-3H3,(H,42,45)(H,44,55)(H,46,53)(H,47,54)(H,48,58)(H,49,57)(H,50,56)(H,60,61)(H4,40,41,43)/b26-10-/t20-,21-,23+,24-,25+,27-/m0/s1. The summed E-state index contributed by atoms with van der Waals surface area (Å²) in [5.74, 6) is -6.90. The number of nitrogens with two attached hydrogens (primary N) is 5. The molecule has 61 heavy (non-hydrogen) atoms. The fraction of sp³-hybridized carbons (Fsp3) is 0.611. The van der Waals surface area contributed by atoms with Crippen molar-refractivity contribution in [3.63, 3.8) is 0 Å². The van der Waals surface area contributed by atoms with Crippen molar-refractivity contribution in [3.8, 4) is 0 Å². The number of carboxylic acids is 1. The predicted molar refractivity (Wildman–Crippen MR) is 221 cm³/mol. The summed E-state index contributed by atoms with van der Waals surface area (Å²) < 4.78 is 0. The molecule has 1 heterocycles. The molecular weight excluding hydrogens is 802 g/mol. The van der Waals surface area contributed by atoms with Crippen LogP contribution < -0.4 is 60.6 Å². The van der Waals surface area contributed by atoms with Crippen molar-refractivity contribution >= 4 is 53.3 Å². The number of aromatic amines is 1. The van der Waals surface area contributed by atoms with Crippen LogP contribution in [-0.2, 0) is 44.8 Å². The minimum absolute atomic E-state index is 0.0512. The monoisotopic (exact) mass is 865 g/mol. The Morgan fingerprint density at radius 2 is 1.51 bits per heavy atom. The summed E-state index contributed by atoms with van der Waals surface area (Å²) >= 11 is 0. The number of aliphatic hydroxyl groups is 1. The molecular formula is C36H63N15O10. The number of carbonyl (C=O) groups is 8. The second-order valence-corrected chi connectivity index (χ2v) is 14.0. The van der Waals surface area contributed by atoms with Gasteiger partial charge in [-0.2, -0.15) is 0 Å². The Morgan fingerprint density at radius 3 is 2.10 bits per heavy atom. The molecule has 1 aromatic rings. The van der Waals surface area contributed by atoms with Crippen molar-refractivity contribution in [1.82, 2.24) is 46.8 Å². The number of hydrogen-bond acceptors (Lipinski definition) is 14. The van der Waals surface area contributed by atoms with Gasteiger partial charge < -0.3 is 80.7 Å². The molecule has 0 aliphatic rings. The maximum Gasteiger partial charge on any atom is 0.352 e. The van der Waals surface area contributed by atoms with E-state index in [1.54, 1.807) is 0 Å². The minimum Gasteiger partial charge on any atom is -0.477 e. The van der Waals surface area contributed by atoms with E-state index in [2.05, 4.69) is 46.9 Å². The molecule has 1 rings (SSSR count). The van der Waals surface area contributed by atoms with E-state index in [0.29, 0.717) is 25.0 Å². The number of amides is 7. The van der Waals surface area contributed by atoms with E-state index < -0.39 is 95.9 Å². The van der Waals surface area contributed by atoms with Gasteiger partial charge in [-0.1, -0.05) is 6.08 Å². The van der Waals surface area contributed by atoms with Gasteiger partial charge in [0.05, 0.1) is 25.4 Å². The number of imidazole rings is 1. The molecule has 0 saturated heterocycles. The van der Waals surface area contributed by atoms with E-state index in [0.717, 1.165) is 4.90 Å². The molecule has 0 unspecified atom stereocenters. The molecule has 25 heteroatoms. The molecule has 7 amide bonds. The van der Waals surface area contributed by atoms with Crippen LogP contribution in [0, 0.1) is 0 Å². The van der Waals surface area contributed by atoms with Crippen LogP contribution in [0.1, 0.15) is 64.5 Å². The first kappa shape index (κ1) is 52.8. The average Bonchev–Trinajstić information content (AvgIpc) is 3.73.